The van der Waals surface area contributed by atoms with Gasteiger partial charge in [-0.2, -0.15) is 0 Å². The van der Waals surface area contributed by atoms with Gasteiger partial charge in [-0.1, -0.05) is 0 Å². The lowest BCUT2D eigenvalue weighted by atomic mass is 9.78. The molecule has 3 N–H and O–H groups in total. The summed E-state index contributed by atoms with van der Waals surface area (Å²) < 4.78 is 10.5. The molecule has 1 saturated carbocycles. The zero-order chi connectivity index (χ0) is 14.8. The molecule has 0 radical (unpaired) electrons. The van der Waals surface area contributed by atoms with Crippen molar-refractivity contribution in [1.29, 1.82) is 0 Å². The monoisotopic (exact) mass is 280 g/mol. The molecule has 0 aliphatic heterocycles. The van der Waals surface area contributed by atoms with Crippen LogP contribution in [0.4, 0.5) is 0 Å². The molecular formula is C14H20N2O4. The number of carboxylic acids is 1. The predicted molar refractivity (Wildman–Crippen MR) is 72.9 cm³/mol. The first kappa shape index (κ1) is 14.6. The van der Waals surface area contributed by atoms with Gasteiger partial charge >= 0.3 is 5.97 Å². The normalized spacial score (nSPS) is 17.4. The fraction of sp³-hybridized carbons (Fsp3) is 0.571. The number of aliphatic carboxylic acids is 1. The fourth-order valence-electron chi connectivity index (χ4n) is 2.63. The molecular weight excluding hydrogens is 260 g/mol. The van der Waals surface area contributed by atoms with Crippen molar-refractivity contribution in [2.75, 3.05) is 20.8 Å². The SMILES string of the molecule is COc1ccnc(CC(CN)(C(=O)O)C2CC2)c1OC. The van der Waals surface area contributed by atoms with Crippen LogP contribution in [-0.4, -0.2) is 36.8 Å². The highest BCUT2D eigenvalue weighted by Gasteiger charge is 2.51. The van der Waals surface area contributed by atoms with E-state index in [-0.39, 0.29) is 18.9 Å². The van der Waals surface area contributed by atoms with Crippen LogP contribution in [0.25, 0.3) is 0 Å². The summed E-state index contributed by atoms with van der Waals surface area (Å²) in [5, 5.41) is 9.61. The van der Waals surface area contributed by atoms with Crippen molar-refractivity contribution in [3.05, 3.63) is 18.0 Å². The highest BCUT2D eigenvalue weighted by atomic mass is 16.5. The first-order chi connectivity index (χ1) is 9.58. The van der Waals surface area contributed by atoms with E-state index >= 15 is 0 Å². The van der Waals surface area contributed by atoms with Gasteiger partial charge in [0.2, 0.25) is 0 Å². The second-order valence-corrected chi connectivity index (χ2v) is 5.11. The van der Waals surface area contributed by atoms with Crippen LogP contribution in [0, 0.1) is 11.3 Å². The van der Waals surface area contributed by atoms with Crippen LogP contribution < -0.4 is 15.2 Å². The highest BCUT2D eigenvalue weighted by molar-refractivity contribution is 5.76. The third kappa shape index (κ3) is 2.43. The van der Waals surface area contributed by atoms with Crippen LogP contribution in [-0.2, 0) is 11.2 Å². The molecule has 2 rings (SSSR count). The summed E-state index contributed by atoms with van der Waals surface area (Å²) in [6.07, 6.45) is 3.64. The van der Waals surface area contributed by atoms with Gasteiger partial charge in [0.05, 0.1) is 25.3 Å². The van der Waals surface area contributed by atoms with Crippen molar-refractivity contribution < 1.29 is 19.4 Å². The molecule has 0 aromatic carbocycles. The van der Waals surface area contributed by atoms with E-state index in [0.29, 0.717) is 17.2 Å². The Morgan fingerprint density at radius 3 is 2.65 bits per heavy atom. The van der Waals surface area contributed by atoms with Crippen LogP contribution in [0.15, 0.2) is 12.3 Å². The molecule has 1 heterocycles. The quantitative estimate of drug-likeness (QED) is 0.776. The van der Waals surface area contributed by atoms with Gasteiger partial charge in [0, 0.05) is 25.2 Å². The Morgan fingerprint density at radius 2 is 2.20 bits per heavy atom. The van der Waals surface area contributed by atoms with Crippen molar-refractivity contribution in [1.82, 2.24) is 4.98 Å². The number of pyridine rings is 1. The smallest absolute Gasteiger partial charge is 0.311 e. The number of hydrogen-bond donors (Lipinski definition) is 2. The largest absolute Gasteiger partial charge is 0.493 e. The molecule has 1 aromatic rings. The summed E-state index contributed by atoms with van der Waals surface area (Å²) >= 11 is 0. The van der Waals surface area contributed by atoms with E-state index in [1.54, 1.807) is 12.3 Å². The third-order valence-corrected chi connectivity index (χ3v) is 4.00. The molecule has 1 aromatic heterocycles. The molecule has 0 saturated heterocycles. The summed E-state index contributed by atoms with van der Waals surface area (Å²) in [6.45, 7) is 0.0923. The summed E-state index contributed by atoms with van der Waals surface area (Å²) in [5.41, 5.74) is 5.39. The first-order valence-corrected chi connectivity index (χ1v) is 6.58. The molecule has 1 fully saturated rings. The number of carbonyl (C=O) groups is 1. The lowest BCUT2D eigenvalue weighted by molar-refractivity contribution is -0.149. The number of ether oxygens (including phenoxy) is 2. The molecule has 6 heteroatoms. The second kappa shape index (κ2) is 5.66. The van der Waals surface area contributed by atoms with Gasteiger partial charge < -0.3 is 20.3 Å². The third-order valence-electron chi connectivity index (χ3n) is 4.00. The molecule has 1 unspecified atom stereocenters. The molecule has 6 nitrogen and oxygen atoms in total. The average molecular weight is 280 g/mol. The Balaban J connectivity index is 2.38. The summed E-state index contributed by atoms with van der Waals surface area (Å²) in [7, 11) is 3.06. The minimum absolute atomic E-state index is 0.0923. The van der Waals surface area contributed by atoms with E-state index in [2.05, 4.69) is 4.98 Å². The summed E-state index contributed by atoms with van der Waals surface area (Å²) in [6, 6.07) is 1.68. The van der Waals surface area contributed by atoms with Crippen LogP contribution in [0.5, 0.6) is 11.5 Å². The van der Waals surface area contributed by atoms with Gasteiger partial charge in [-0.25, -0.2) is 0 Å². The molecule has 0 bridgehead atoms. The lowest BCUT2D eigenvalue weighted by Crippen LogP contribution is -2.43. The number of nitrogens with two attached hydrogens (primary N) is 1. The maximum atomic E-state index is 11.7. The minimum Gasteiger partial charge on any atom is -0.493 e. The molecule has 1 aliphatic rings. The van der Waals surface area contributed by atoms with Crippen molar-refractivity contribution in [2.45, 2.75) is 19.3 Å². The number of rotatable bonds is 7. The number of carboxylic acid groups (broad SMARTS) is 1. The Labute approximate surface area is 117 Å². The van der Waals surface area contributed by atoms with E-state index in [0.717, 1.165) is 12.8 Å². The molecule has 0 amide bonds. The number of methoxy groups -OCH3 is 2. The standard InChI is InChI=1S/C14H20N2O4/c1-19-11-5-6-16-10(12(11)20-2)7-14(8-15,13(17)18)9-3-4-9/h5-6,9H,3-4,7-8,15H2,1-2H3,(H,17,18). The van der Waals surface area contributed by atoms with E-state index in [4.69, 9.17) is 15.2 Å². The zero-order valence-corrected chi connectivity index (χ0v) is 11.8. The molecule has 110 valence electrons. The van der Waals surface area contributed by atoms with Crippen LogP contribution in [0.2, 0.25) is 0 Å². The summed E-state index contributed by atoms with van der Waals surface area (Å²) in [4.78, 5) is 16.0. The van der Waals surface area contributed by atoms with Gasteiger partial charge in [0.25, 0.3) is 0 Å². The van der Waals surface area contributed by atoms with E-state index in [9.17, 15) is 9.90 Å². The Kier molecular flexibility index (Phi) is 4.13. The lowest BCUT2D eigenvalue weighted by Gasteiger charge is -2.28. The maximum absolute atomic E-state index is 11.7. The number of aromatic nitrogens is 1. The van der Waals surface area contributed by atoms with Crippen molar-refractivity contribution in [2.24, 2.45) is 17.1 Å². The van der Waals surface area contributed by atoms with Crippen LogP contribution >= 0.6 is 0 Å². The van der Waals surface area contributed by atoms with Crippen molar-refractivity contribution >= 4 is 5.97 Å². The van der Waals surface area contributed by atoms with Crippen LogP contribution in [0.3, 0.4) is 0 Å². The van der Waals surface area contributed by atoms with Gasteiger partial charge in [-0.15, -0.1) is 0 Å². The van der Waals surface area contributed by atoms with Crippen molar-refractivity contribution in [3.8, 4) is 11.5 Å². The molecule has 1 aliphatic carbocycles. The topological polar surface area (TPSA) is 94.7 Å². The fourth-order valence-corrected chi connectivity index (χ4v) is 2.63. The van der Waals surface area contributed by atoms with Crippen LogP contribution in [0.1, 0.15) is 18.5 Å². The average Bonchev–Trinajstić information content (AvgIpc) is 3.28. The maximum Gasteiger partial charge on any atom is 0.311 e. The zero-order valence-electron chi connectivity index (χ0n) is 11.8. The van der Waals surface area contributed by atoms with E-state index in [1.165, 1.54) is 14.2 Å². The highest BCUT2D eigenvalue weighted by Crippen LogP contribution is 2.48. The number of nitrogens with zero attached hydrogens (tertiary/aromatic N) is 1. The van der Waals surface area contributed by atoms with Gasteiger partial charge in [0.15, 0.2) is 11.5 Å². The van der Waals surface area contributed by atoms with Gasteiger partial charge in [-0.05, 0) is 18.8 Å². The Bertz CT molecular complexity index is 502. The molecule has 20 heavy (non-hydrogen) atoms. The van der Waals surface area contributed by atoms with Gasteiger partial charge in [-0.3, -0.25) is 9.78 Å². The second-order valence-electron chi connectivity index (χ2n) is 5.11. The van der Waals surface area contributed by atoms with Gasteiger partial charge in [0.1, 0.15) is 0 Å². The van der Waals surface area contributed by atoms with Crippen molar-refractivity contribution in [3.63, 3.8) is 0 Å². The predicted octanol–water partition coefficient (Wildman–Crippen LogP) is 1.08. The number of hydrogen-bond acceptors (Lipinski definition) is 5. The molecule has 0 spiro atoms. The minimum atomic E-state index is -0.966. The molecule has 1 atom stereocenters. The van der Waals surface area contributed by atoms with E-state index < -0.39 is 11.4 Å². The Morgan fingerprint density at radius 1 is 1.50 bits per heavy atom. The Hall–Kier alpha value is -1.82. The first-order valence-electron chi connectivity index (χ1n) is 6.58. The summed E-state index contributed by atoms with van der Waals surface area (Å²) in [5.74, 6) is 0.274. The van der Waals surface area contributed by atoms with E-state index in [1.807, 2.05) is 0 Å².